The highest BCUT2D eigenvalue weighted by Crippen LogP contribution is 2.55. The Morgan fingerprint density at radius 3 is 2.88 bits per heavy atom. The summed E-state index contributed by atoms with van der Waals surface area (Å²) in [4.78, 5) is 6.60. The Hall–Kier alpha value is -1.91. The number of fused-ring (bicyclic) bond motifs is 1. The molecule has 5 rings (SSSR count). The molecule has 24 heavy (non-hydrogen) atoms. The number of rotatable bonds is 4. The second-order valence-electron chi connectivity index (χ2n) is 7.46. The summed E-state index contributed by atoms with van der Waals surface area (Å²) in [5, 5.41) is 10.6. The summed E-state index contributed by atoms with van der Waals surface area (Å²) in [7, 11) is 0. The summed E-state index contributed by atoms with van der Waals surface area (Å²) < 4.78 is 6.04. The molecule has 1 N–H and O–H groups in total. The fourth-order valence-electron chi connectivity index (χ4n) is 5.21. The van der Waals surface area contributed by atoms with Gasteiger partial charge in [-0.15, -0.1) is 0 Å². The topological polar surface area (TPSA) is 45.6 Å². The minimum atomic E-state index is -0.139. The molecule has 3 aliphatic rings. The number of benzene rings is 1. The van der Waals surface area contributed by atoms with E-state index in [0.717, 1.165) is 30.5 Å². The molecule has 3 fully saturated rings. The molecule has 2 saturated carbocycles. The summed E-state index contributed by atoms with van der Waals surface area (Å²) in [6.07, 6.45) is 5.78. The number of aliphatic hydroxyl groups is 1. The lowest BCUT2D eigenvalue weighted by Gasteiger charge is -2.29. The molecule has 0 spiro atoms. The Bertz CT molecular complexity index is 733. The molecule has 5 unspecified atom stereocenters. The van der Waals surface area contributed by atoms with E-state index in [9.17, 15) is 5.11 Å². The molecule has 1 aromatic heterocycles. The van der Waals surface area contributed by atoms with Gasteiger partial charge >= 0.3 is 0 Å². The Morgan fingerprint density at radius 1 is 1.12 bits per heavy atom. The summed E-state index contributed by atoms with van der Waals surface area (Å²) in [6.45, 7) is 1.96. The predicted molar refractivity (Wildman–Crippen MR) is 90.7 cm³/mol. The molecule has 1 aromatic carbocycles. The van der Waals surface area contributed by atoms with Crippen molar-refractivity contribution in [1.29, 1.82) is 0 Å². The monoisotopic (exact) mass is 322 g/mol. The Balaban J connectivity index is 1.38. The van der Waals surface area contributed by atoms with Crippen LogP contribution in [0.15, 0.2) is 48.8 Å². The van der Waals surface area contributed by atoms with Crippen LogP contribution in [0, 0.1) is 17.8 Å². The van der Waals surface area contributed by atoms with Gasteiger partial charge in [-0.05, 0) is 48.8 Å². The van der Waals surface area contributed by atoms with Gasteiger partial charge in [-0.1, -0.05) is 18.2 Å². The first-order chi connectivity index (χ1) is 11.8. The SMILES string of the molecule is OC1C2CC3CN(Cc4ccccc4Oc4cccnc4)C1C3C2. The van der Waals surface area contributed by atoms with Gasteiger partial charge < -0.3 is 9.84 Å². The van der Waals surface area contributed by atoms with Crippen molar-refractivity contribution in [3.63, 3.8) is 0 Å². The van der Waals surface area contributed by atoms with Gasteiger partial charge in [0.25, 0.3) is 0 Å². The highest BCUT2D eigenvalue weighted by Gasteiger charge is 2.58. The Labute approximate surface area is 142 Å². The number of likely N-dealkylation sites (tertiary alicyclic amines) is 1. The van der Waals surface area contributed by atoms with E-state index < -0.39 is 0 Å². The number of hydrogen-bond donors (Lipinski definition) is 1. The molecular weight excluding hydrogens is 300 g/mol. The van der Waals surface area contributed by atoms with Gasteiger partial charge in [0.05, 0.1) is 12.3 Å². The van der Waals surface area contributed by atoms with Crippen molar-refractivity contribution in [3.05, 3.63) is 54.4 Å². The van der Waals surface area contributed by atoms with Crippen LogP contribution >= 0.6 is 0 Å². The minimum absolute atomic E-state index is 0.139. The normalized spacial score (nSPS) is 34.0. The fourth-order valence-corrected chi connectivity index (χ4v) is 5.21. The predicted octanol–water partition coefficient (Wildman–Crippen LogP) is 3.08. The standard InChI is InChI=1S/C20H22N2O2/c23-20-14-8-15-12-22(19(20)17(15)9-14)11-13-4-1-2-6-18(13)24-16-5-3-7-21-10-16/h1-7,10,14-15,17,19-20,23H,8-9,11-12H2. The Kier molecular flexibility index (Phi) is 3.35. The first-order valence-corrected chi connectivity index (χ1v) is 8.87. The highest BCUT2D eigenvalue weighted by molar-refractivity contribution is 5.37. The molecule has 2 aliphatic carbocycles. The summed E-state index contributed by atoms with van der Waals surface area (Å²) in [6, 6.07) is 12.4. The maximum Gasteiger partial charge on any atom is 0.145 e. The van der Waals surface area contributed by atoms with E-state index in [4.69, 9.17) is 4.74 Å². The van der Waals surface area contributed by atoms with Crippen molar-refractivity contribution in [3.8, 4) is 11.5 Å². The van der Waals surface area contributed by atoms with Crippen LogP contribution in [0.2, 0.25) is 0 Å². The maximum absolute atomic E-state index is 10.6. The number of hydrogen-bond acceptors (Lipinski definition) is 4. The van der Waals surface area contributed by atoms with Crippen molar-refractivity contribution < 1.29 is 9.84 Å². The minimum Gasteiger partial charge on any atom is -0.455 e. The molecular formula is C20H22N2O2. The van der Waals surface area contributed by atoms with Crippen LogP contribution in [0.1, 0.15) is 18.4 Å². The highest BCUT2D eigenvalue weighted by atomic mass is 16.5. The van der Waals surface area contributed by atoms with E-state index in [1.165, 1.54) is 18.4 Å². The van der Waals surface area contributed by atoms with Gasteiger partial charge in [0.15, 0.2) is 0 Å². The van der Waals surface area contributed by atoms with Gasteiger partial charge in [0.1, 0.15) is 11.5 Å². The van der Waals surface area contributed by atoms with Gasteiger partial charge in [-0.2, -0.15) is 0 Å². The molecule has 0 radical (unpaired) electrons. The van der Waals surface area contributed by atoms with Crippen LogP contribution < -0.4 is 4.74 Å². The molecule has 0 amide bonds. The van der Waals surface area contributed by atoms with Crippen LogP contribution in [0.5, 0.6) is 11.5 Å². The third-order valence-corrected chi connectivity index (χ3v) is 6.16. The lowest BCUT2D eigenvalue weighted by Crippen LogP contribution is -2.40. The second kappa shape index (κ2) is 5.57. The average molecular weight is 322 g/mol. The van der Waals surface area contributed by atoms with E-state index in [2.05, 4.69) is 22.0 Å². The molecule has 124 valence electrons. The second-order valence-corrected chi connectivity index (χ2v) is 7.46. The van der Waals surface area contributed by atoms with Gasteiger partial charge in [-0.3, -0.25) is 9.88 Å². The molecule has 1 aliphatic heterocycles. The summed E-state index contributed by atoms with van der Waals surface area (Å²) in [5.41, 5.74) is 1.18. The van der Waals surface area contributed by atoms with E-state index in [1.54, 1.807) is 12.4 Å². The van der Waals surface area contributed by atoms with E-state index in [-0.39, 0.29) is 6.10 Å². The zero-order valence-electron chi connectivity index (χ0n) is 13.6. The molecule has 2 aromatic rings. The third kappa shape index (κ3) is 2.25. The number of ether oxygens (including phenoxy) is 1. The summed E-state index contributed by atoms with van der Waals surface area (Å²) in [5.74, 6) is 3.67. The quantitative estimate of drug-likeness (QED) is 0.940. The molecule has 4 heteroatoms. The van der Waals surface area contributed by atoms with Gasteiger partial charge in [0.2, 0.25) is 0 Å². The lowest BCUT2D eigenvalue weighted by molar-refractivity contribution is 0.0482. The maximum atomic E-state index is 10.6. The van der Waals surface area contributed by atoms with Crippen molar-refractivity contribution in [1.82, 2.24) is 9.88 Å². The zero-order chi connectivity index (χ0) is 16.1. The van der Waals surface area contributed by atoms with Crippen LogP contribution in [-0.4, -0.2) is 33.7 Å². The van der Waals surface area contributed by atoms with Crippen molar-refractivity contribution in [2.75, 3.05) is 6.54 Å². The van der Waals surface area contributed by atoms with Gasteiger partial charge in [0, 0.05) is 30.9 Å². The number of aliphatic hydroxyl groups excluding tert-OH is 1. The fraction of sp³-hybridized carbons (Fsp3) is 0.450. The number of nitrogens with zero attached hydrogens (tertiary/aromatic N) is 2. The van der Waals surface area contributed by atoms with Crippen molar-refractivity contribution in [2.24, 2.45) is 17.8 Å². The van der Waals surface area contributed by atoms with Gasteiger partial charge in [-0.25, -0.2) is 0 Å². The van der Waals surface area contributed by atoms with Crippen LogP contribution in [0.3, 0.4) is 0 Å². The Morgan fingerprint density at radius 2 is 2.04 bits per heavy atom. The first-order valence-electron chi connectivity index (χ1n) is 8.87. The molecule has 2 bridgehead atoms. The number of pyridine rings is 1. The molecule has 2 heterocycles. The van der Waals surface area contributed by atoms with Crippen LogP contribution in [-0.2, 0) is 6.54 Å². The van der Waals surface area contributed by atoms with E-state index in [1.807, 2.05) is 24.3 Å². The van der Waals surface area contributed by atoms with Crippen molar-refractivity contribution >= 4 is 0 Å². The molecule has 1 saturated heterocycles. The van der Waals surface area contributed by atoms with Crippen molar-refractivity contribution in [2.45, 2.75) is 31.5 Å². The van der Waals surface area contributed by atoms with Crippen LogP contribution in [0.25, 0.3) is 0 Å². The average Bonchev–Trinajstić information content (AvgIpc) is 3.21. The number of para-hydroxylation sites is 1. The van der Waals surface area contributed by atoms with E-state index in [0.29, 0.717) is 17.9 Å². The summed E-state index contributed by atoms with van der Waals surface area (Å²) >= 11 is 0. The largest absolute Gasteiger partial charge is 0.455 e. The first kappa shape index (κ1) is 14.4. The van der Waals surface area contributed by atoms with Crippen LogP contribution in [0.4, 0.5) is 0 Å². The van der Waals surface area contributed by atoms with E-state index >= 15 is 0 Å². The number of aromatic nitrogens is 1. The molecule has 5 atom stereocenters. The third-order valence-electron chi connectivity index (χ3n) is 6.16. The zero-order valence-corrected chi connectivity index (χ0v) is 13.6. The smallest absolute Gasteiger partial charge is 0.145 e. The molecule has 4 nitrogen and oxygen atoms in total. The lowest BCUT2D eigenvalue weighted by atomic mass is 9.88.